The van der Waals surface area contributed by atoms with Crippen LogP contribution >= 0.6 is 11.6 Å². The predicted molar refractivity (Wildman–Crippen MR) is 78.3 cm³/mol. The smallest absolute Gasteiger partial charge is 0.316 e. The highest BCUT2D eigenvalue weighted by Crippen LogP contribution is 2.20. The molecule has 0 saturated carbocycles. The van der Waals surface area contributed by atoms with Crippen molar-refractivity contribution in [3.63, 3.8) is 0 Å². The lowest BCUT2D eigenvalue weighted by Crippen LogP contribution is -2.32. The maximum atomic E-state index is 13.7. The molecule has 2 aromatic rings. The molecular formula is C15H12ClF2N3O2. The van der Waals surface area contributed by atoms with E-state index < -0.39 is 23.1 Å². The number of amides is 1. The molecule has 1 saturated heterocycles. The molecule has 1 aromatic heterocycles. The second kappa shape index (κ2) is 6.45. The molecule has 1 amide bonds. The molecule has 8 heteroatoms. The van der Waals surface area contributed by atoms with Gasteiger partial charge in [-0.1, -0.05) is 17.7 Å². The summed E-state index contributed by atoms with van der Waals surface area (Å²) in [5.74, 6) is -2.44. The quantitative estimate of drug-likeness (QED) is 0.862. The minimum absolute atomic E-state index is 0.144. The number of carbonyl (C=O) groups is 1. The first-order chi connectivity index (χ1) is 11.0. The van der Waals surface area contributed by atoms with Crippen molar-refractivity contribution in [1.29, 1.82) is 0 Å². The number of ether oxygens (including phenoxy) is 1. The molecule has 0 N–H and O–H groups in total. The standard InChI is InChI=1S/C15H12ClF2N3O2/c16-9-6-19-15(20-7-9)23-10-4-5-21(8-10)14(22)13-11(17)2-1-3-12(13)18/h1-3,6-7,10H,4-5,8H2/t10-/m0/s1. The summed E-state index contributed by atoms with van der Waals surface area (Å²) < 4.78 is 32.9. The van der Waals surface area contributed by atoms with Crippen molar-refractivity contribution in [3.8, 4) is 6.01 Å². The summed E-state index contributed by atoms with van der Waals surface area (Å²) in [7, 11) is 0. The molecule has 1 aromatic carbocycles. The van der Waals surface area contributed by atoms with Crippen molar-refractivity contribution in [2.45, 2.75) is 12.5 Å². The van der Waals surface area contributed by atoms with Gasteiger partial charge in [0.25, 0.3) is 5.91 Å². The fourth-order valence-electron chi connectivity index (χ4n) is 2.38. The van der Waals surface area contributed by atoms with Crippen LogP contribution in [0.15, 0.2) is 30.6 Å². The number of likely N-dealkylation sites (tertiary alicyclic amines) is 1. The summed E-state index contributed by atoms with van der Waals surface area (Å²) >= 11 is 5.69. The summed E-state index contributed by atoms with van der Waals surface area (Å²) in [6, 6.07) is 3.48. The molecule has 1 atom stereocenters. The molecule has 3 rings (SSSR count). The first-order valence-electron chi connectivity index (χ1n) is 6.92. The molecule has 0 bridgehead atoms. The maximum Gasteiger partial charge on any atom is 0.316 e. The first-order valence-corrected chi connectivity index (χ1v) is 7.30. The Bertz CT molecular complexity index is 707. The van der Waals surface area contributed by atoms with Crippen molar-refractivity contribution in [2.75, 3.05) is 13.1 Å². The van der Waals surface area contributed by atoms with Crippen molar-refractivity contribution in [2.24, 2.45) is 0 Å². The number of hydrogen-bond donors (Lipinski definition) is 0. The molecular weight excluding hydrogens is 328 g/mol. The minimum Gasteiger partial charge on any atom is -0.458 e. The Kier molecular flexibility index (Phi) is 4.38. The van der Waals surface area contributed by atoms with Gasteiger partial charge in [-0.3, -0.25) is 4.79 Å². The molecule has 0 aliphatic carbocycles. The van der Waals surface area contributed by atoms with Crippen molar-refractivity contribution >= 4 is 17.5 Å². The van der Waals surface area contributed by atoms with E-state index in [4.69, 9.17) is 16.3 Å². The van der Waals surface area contributed by atoms with Gasteiger partial charge in [-0.05, 0) is 12.1 Å². The highest BCUT2D eigenvalue weighted by Gasteiger charge is 2.31. The average Bonchev–Trinajstić information content (AvgIpc) is 2.98. The zero-order valence-corrected chi connectivity index (χ0v) is 12.6. The Hall–Kier alpha value is -2.28. The van der Waals surface area contributed by atoms with Crippen molar-refractivity contribution in [3.05, 3.63) is 52.8 Å². The van der Waals surface area contributed by atoms with E-state index in [2.05, 4.69) is 9.97 Å². The monoisotopic (exact) mass is 339 g/mol. The second-order valence-electron chi connectivity index (χ2n) is 5.06. The van der Waals surface area contributed by atoms with Crippen LogP contribution in [0.5, 0.6) is 6.01 Å². The summed E-state index contributed by atoms with van der Waals surface area (Å²) in [5, 5.41) is 0.385. The lowest BCUT2D eigenvalue weighted by Gasteiger charge is -2.17. The summed E-state index contributed by atoms with van der Waals surface area (Å²) in [5.41, 5.74) is -0.545. The van der Waals surface area contributed by atoms with Gasteiger partial charge in [0.05, 0.1) is 24.0 Å². The van der Waals surface area contributed by atoms with Crippen LogP contribution in [0.25, 0.3) is 0 Å². The highest BCUT2D eigenvalue weighted by atomic mass is 35.5. The Morgan fingerprint density at radius 3 is 2.57 bits per heavy atom. The molecule has 1 aliphatic rings. The molecule has 0 radical (unpaired) electrons. The molecule has 0 spiro atoms. The number of nitrogens with zero attached hydrogens (tertiary/aromatic N) is 3. The Morgan fingerprint density at radius 2 is 1.91 bits per heavy atom. The lowest BCUT2D eigenvalue weighted by atomic mass is 10.1. The fourth-order valence-corrected chi connectivity index (χ4v) is 2.48. The number of benzene rings is 1. The molecule has 0 unspecified atom stereocenters. The highest BCUT2D eigenvalue weighted by molar-refractivity contribution is 6.30. The van der Waals surface area contributed by atoms with E-state index in [1.54, 1.807) is 0 Å². The number of aromatic nitrogens is 2. The van der Waals surface area contributed by atoms with Crippen molar-refractivity contribution in [1.82, 2.24) is 14.9 Å². The number of halogens is 3. The topological polar surface area (TPSA) is 55.3 Å². The van der Waals surface area contributed by atoms with Crippen LogP contribution in [0.2, 0.25) is 5.02 Å². The van der Waals surface area contributed by atoms with Crippen LogP contribution in [0.4, 0.5) is 8.78 Å². The third-order valence-corrected chi connectivity index (χ3v) is 3.67. The fraction of sp³-hybridized carbons (Fsp3) is 0.267. The SMILES string of the molecule is O=C(c1c(F)cccc1F)N1CC[C@H](Oc2ncc(Cl)cn2)C1. The largest absolute Gasteiger partial charge is 0.458 e. The summed E-state index contributed by atoms with van der Waals surface area (Å²) in [6.45, 7) is 0.545. The van der Waals surface area contributed by atoms with E-state index in [-0.39, 0.29) is 18.7 Å². The Balaban J connectivity index is 1.67. The van der Waals surface area contributed by atoms with Crippen LogP contribution in [0.1, 0.15) is 16.8 Å². The summed E-state index contributed by atoms with van der Waals surface area (Å²) in [4.78, 5) is 21.4. The van der Waals surface area contributed by atoms with Crippen LogP contribution < -0.4 is 4.74 Å². The van der Waals surface area contributed by atoms with Gasteiger partial charge >= 0.3 is 6.01 Å². The van der Waals surface area contributed by atoms with E-state index in [9.17, 15) is 13.6 Å². The molecule has 120 valence electrons. The van der Waals surface area contributed by atoms with E-state index in [0.717, 1.165) is 12.1 Å². The van der Waals surface area contributed by atoms with Gasteiger partial charge in [0.15, 0.2) is 0 Å². The van der Waals surface area contributed by atoms with Gasteiger partial charge in [0.1, 0.15) is 23.3 Å². The van der Waals surface area contributed by atoms with Crippen LogP contribution in [0.3, 0.4) is 0 Å². The second-order valence-corrected chi connectivity index (χ2v) is 5.50. The van der Waals surface area contributed by atoms with Gasteiger partial charge in [-0.15, -0.1) is 0 Å². The first kappa shape index (κ1) is 15.6. The zero-order valence-electron chi connectivity index (χ0n) is 11.9. The predicted octanol–water partition coefficient (Wildman–Crippen LogP) is 2.70. The van der Waals surface area contributed by atoms with E-state index in [0.29, 0.717) is 18.0 Å². The molecule has 23 heavy (non-hydrogen) atoms. The van der Waals surface area contributed by atoms with Gasteiger partial charge in [0.2, 0.25) is 0 Å². The van der Waals surface area contributed by atoms with E-state index in [1.165, 1.54) is 23.4 Å². The zero-order chi connectivity index (χ0) is 16.4. The number of carbonyl (C=O) groups excluding carboxylic acids is 1. The summed E-state index contributed by atoms with van der Waals surface area (Å²) in [6.07, 6.45) is 2.98. The molecule has 1 fully saturated rings. The minimum atomic E-state index is -0.875. The van der Waals surface area contributed by atoms with Crippen LogP contribution in [0, 0.1) is 11.6 Å². The third kappa shape index (κ3) is 3.39. The van der Waals surface area contributed by atoms with Gasteiger partial charge in [0, 0.05) is 13.0 Å². The molecule has 2 heterocycles. The number of rotatable bonds is 3. The normalized spacial score (nSPS) is 17.3. The van der Waals surface area contributed by atoms with Gasteiger partial charge < -0.3 is 9.64 Å². The molecule has 5 nitrogen and oxygen atoms in total. The lowest BCUT2D eigenvalue weighted by molar-refractivity contribution is 0.0760. The average molecular weight is 340 g/mol. The van der Waals surface area contributed by atoms with Gasteiger partial charge in [-0.2, -0.15) is 0 Å². The number of hydrogen-bond acceptors (Lipinski definition) is 4. The van der Waals surface area contributed by atoms with E-state index in [1.807, 2.05) is 0 Å². The van der Waals surface area contributed by atoms with Gasteiger partial charge in [-0.25, -0.2) is 18.7 Å². The maximum absolute atomic E-state index is 13.7. The molecule has 1 aliphatic heterocycles. The van der Waals surface area contributed by atoms with Crippen molar-refractivity contribution < 1.29 is 18.3 Å². The van der Waals surface area contributed by atoms with Crippen LogP contribution in [-0.2, 0) is 0 Å². The Labute approximate surface area is 135 Å². The van der Waals surface area contributed by atoms with E-state index >= 15 is 0 Å². The Morgan fingerprint density at radius 1 is 1.26 bits per heavy atom. The van der Waals surface area contributed by atoms with Crippen LogP contribution in [-0.4, -0.2) is 40.0 Å². The third-order valence-electron chi connectivity index (χ3n) is 3.48.